The van der Waals surface area contributed by atoms with Crippen molar-refractivity contribution in [3.05, 3.63) is 140 Å². The Hall–Kier alpha value is -5.87. The molecule has 0 saturated heterocycles. The van der Waals surface area contributed by atoms with Crippen LogP contribution in [0.2, 0.25) is 0 Å². The molecule has 0 atom stereocenters. The summed E-state index contributed by atoms with van der Waals surface area (Å²) in [6.45, 7) is 0. The van der Waals surface area contributed by atoms with E-state index in [-0.39, 0.29) is 0 Å². The minimum absolute atomic E-state index is 0.611. The van der Waals surface area contributed by atoms with Crippen LogP contribution in [0.25, 0.3) is 88.4 Å². The summed E-state index contributed by atoms with van der Waals surface area (Å²) < 4.78 is 6.74. The van der Waals surface area contributed by atoms with E-state index >= 15 is 0 Å². The third kappa shape index (κ3) is 3.74. The molecule has 4 nitrogen and oxygen atoms in total. The number of furan rings is 1. The maximum absolute atomic E-state index is 6.74. The highest BCUT2D eigenvalue weighted by molar-refractivity contribution is 6.31. The third-order valence-electron chi connectivity index (χ3n) is 8.29. The molecule has 0 amide bonds. The monoisotopic (exact) mass is 549 g/mol. The second-order valence-corrected chi connectivity index (χ2v) is 10.8. The number of rotatable bonds is 3. The fraction of sp³-hybridized carbons (Fsp3) is 0. The third-order valence-corrected chi connectivity index (χ3v) is 8.29. The number of fused-ring (bicyclic) bond motifs is 9. The molecule has 0 spiro atoms. The molecule has 0 aliphatic rings. The second kappa shape index (κ2) is 9.33. The maximum Gasteiger partial charge on any atom is 0.164 e. The number of hydrogen-bond acceptors (Lipinski definition) is 4. The van der Waals surface area contributed by atoms with E-state index < -0.39 is 0 Å². The van der Waals surface area contributed by atoms with Crippen molar-refractivity contribution in [3.8, 4) is 34.2 Å². The first-order valence-corrected chi connectivity index (χ1v) is 14.4. The zero-order chi connectivity index (χ0) is 28.3. The lowest BCUT2D eigenvalue weighted by Crippen LogP contribution is -2.00. The molecule has 4 heteroatoms. The van der Waals surface area contributed by atoms with Gasteiger partial charge in [0.1, 0.15) is 11.2 Å². The molecule has 43 heavy (non-hydrogen) atoms. The zero-order valence-corrected chi connectivity index (χ0v) is 23.0. The van der Waals surface area contributed by atoms with Gasteiger partial charge in [-0.15, -0.1) is 0 Å². The van der Waals surface area contributed by atoms with Gasteiger partial charge in [0.05, 0.1) is 0 Å². The van der Waals surface area contributed by atoms with Crippen LogP contribution in [0.4, 0.5) is 0 Å². The standard InChI is InChI=1S/C39H23N3O/c1-3-13-26(14-4-1)37-40-38(27-15-5-2-6-16-27)42-39(41-37)32-23-33-35(34-28-17-9-7-11-24(28)19-21-30(32)34)31-22-20-25-12-8-10-18-29(25)36(31)43-33/h1-23H. The molecule has 7 aromatic carbocycles. The highest BCUT2D eigenvalue weighted by Gasteiger charge is 2.21. The second-order valence-electron chi connectivity index (χ2n) is 10.8. The molecule has 0 bridgehead atoms. The minimum atomic E-state index is 0.611. The first-order valence-electron chi connectivity index (χ1n) is 14.4. The predicted octanol–water partition coefficient (Wildman–Crippen LogP) is 10.2. The van der Waals surface area contributed by atoms with Crippen molar-refractivity contribution >= 4 is 54.3 Å². The first-order chi connectivity index (χ1) is 21.3. The molecule has 200 valence electrons. The Morgan fingerprint density at radius 1 is 0.395 bits per heavy atom. The lowest BCUT2D eigenvalue weighted by Gasteiger charge is -2.12. The Labute approximate surface area is 246 Å². The molecule has 0 aliphatic heterocycles. The van der Waals surface area contributed by atoms with Crippen LogP contribution in [0.1, 0.15) is 0 Å². The van der Waals surface area contributed by atoms with Crippen molar-refractivity contribution in [2.45, 2.75) is 0 Å². The van der Waals surface area contributed by atoms with Gasteiger partial charge in [-0.3, -0.25) is 0 Å². The number of hydrogen-bond donors (Lipinski definition) is 0. The fourth-order valence-electron chi connectivity index (χ4n) is 6.29. The van der Waals surface area contributed by atoms with E-state index in [9.17, 15) is 0 Å². The van der Waals surface area contributed by atoms with E-state index in [1.54, 1.807) is 0 Å². The van der Waals surface area contributed by atoms with Gasteiger partial charge in [0.15, 0.2) is 17.5 Å². The smallest absolute Gasteiger partial charge is 0.164 e. The van der Waals surface area contributed by atoms with E-state index in [0.717, 1.165) is 60.2 Å². The molecule has 9 rings (SSSR count). The van der Waals surface area contributed by atoms with Gasteiger partial charge < -0.3 is 4.42 Å². The lowest BCUT2D eigenvalue weighted by molar-refractivity contribution is 0.673. The average Bonchev–Trinajstić information content (AvgIpc) is 3.47. The fourth-order valence-corrected chi connectivity index (χ4v) is 6.29. The molecule has 0 unspecified atom stereocenters. The van der Waals surface area contributed by atoms with Crippen molar-refractivity contribution in [3.63, 3.8) is 0 Å². The zero-order valence-electron chi connectivity index (χ0n) is 23.0. The van der Waals surface area contributed by atoms with Crippen LogP contribution >= 0.6 is 0 Å². The summed E-state index contributed by atoms with van der Waals surface area (Å²) in [5.74, 6) is 1.88. The summed E-state index contributed by atoms with van der Waals surface area (Å²) in [5.41, 5.74) is 4.50. The number of aromatic nitrogens is 3. The normalized spacial score (nSPS) is 11.7. The lowest BCUT2D eigenvalue weighted by atomic mass is 9.93. The minimum Gasteiger partial charge on any atom is -0.455 e. The van der Waals surface area contributed by atoms with Crippen molar-refractivity contribution in [1.82, 2.24) is 15.0 Å². The molecular formula is C39H23N3O. The quantitative estimate of drug-likeness (QED) is 0.206. The largest absolute Gasteiger partial charge is 0.455 e. The SMILES string of the molecule is c1ccc(-c2nc(-c3ccccc3)nc(-c3cc4oc5c6ccccc6ccc5c4c4c3ccc3ccccc34)n2)cc1. The summed E-state index contributed by atoms with van der Waals surface area (Å²) in [6.07, 6.45) is 0. The van der Waals surface area contributed by atoms with Crippen LogP contribution < -0.4 is 0 Å². The van der Waals surface area contributed by atoms with Gasteiger partial charge in [0, 0.05) is 38.2 Å². The van der Waals surface area contributed by atoms with E-state index in [1.165, 1.54) is 10.8 Å². The summed E-state index contributed by atoms with van der Waals surface area (Å²) in [4.78, 5) is 15.1. The van der Waals surface area contributed by atoms with Crippen molar-refractivity contribution in [2.75, 3.05) is 0 Å². The molecule has 0 N–H and O–H groups in total. The van der Waals surface area contributed by atoms with E-state index in [4.69, 9.17) is 19.4 Å². The highest BCUT2D eigenvalue weighted by atomic mass is 16.3. The van der Waals surface area contributed by atoms with Crippen LogP contribution in [0, 0.1) is 0 Å². The Bertz CT molecular complexity index is 2440. The number of nitrogens with zero attached hydrogens (tertiary/aromatic N) is 3. The van der Waals surface area contributed by atoms with Crippen LogP contribution in [0.15, 0.2) is 144 Å². The molecular weight excluding hydrogens is 526 g/mol. The van der Waals surface area contributed by atoms with Crippen LogP contribution in [-0.2, 0) is 0 Å². The molecule has 0 fully saturated rings. The Morgan fingerprint density at radius 2 is 0.930 bits per heavy atom. The Balaban J connectivity index is 1.43. The van der Waals surface area contributed by atoms with Crippen LogP contribution in [0.3, 0.4) is 0 Å². The molecule has 2 heterocycles. The van der Waals surface area contributed by atoms with Gasteiger partial charge in [0.2, 0.25) is 0 Å². The van der Waals surface area contributed by atoms with Gasteiger partial charge in [0.25, 0.3) is 0 Å². The van der Waals surface area contributed by atoms with Crippen LogP contribution in [0.5, 0.6) is 0 Å². The summed E-state index contributed by atoms with van der Waals surface area (Å²) in [7, 11) is 0. The predicted molar refractivity (Wildman–Crippen MR) is 176 cm³/mol. The van der Waals surface area contributed by atoms with Crippen molar-refractivity contribution < 1.29 is 4.42 Å². The van der Waals surface area contributed by atoms with Gasteiger partial charge >= 0.3 is 0 Å². The first kappa shape index (κ1) is 23.8. The van der Waals surface area contributed by atoms with Gasteiger partial charge in [-0.25, -0.2) is 15.0 Å². The van der Waals surface area contributed by atoms with Crippen molar-refractivity contribution in [1.29, 1.82) is 0 Å². The Morgan fingerprint density at radius 3 is 1.60 bits per heavy atom. The summed E-state index contributed by atoms with van der Waals surface area (Å²) in [5, 5.41) is 9.03. The summed E-state index contributed by atoms with van der Waals surface area (Å²) >= 11 is 0. The van der Waals surface area contributed by atoms with Crippen molar-refractivity contribution in [2.24, 2.45) is 0 Å². The van der Waals surface area contributed by atoms with E-state index in [0.29, 0.717) is 17.5 Å². The van der Waals surface area contributed by atoms with Crippen LogP contribution in [-0.4, -0.2) is 15.0 Å². The highest BCUT2D eigenvalue weighted by Crippen LogP contribution is 2.44. The summed E-state index contributed by atoms with van der Waals surface area (Å²) in [6, 6.07) is 48.0. The molecule has 2 aromatic heterocycles. The van der Waals surface area contributed by atoms with Gasteiger partial charge in [-0.2, -0.15) is 0 Å². The molecule has 0 aliphatic carbocycles. The maximum atomic E-state index is 6.74. The molecule has 0 saturated carbocycles. The van der Waals surface area contributed by atoms with E-state index in [1.807, 2.05) is 60.7 Å². The Kier molecular flexibility index (Phi) is 5.16. The molecule has 0 radical (unpaired) electrons. The molecule has 9 aromatic rings. The number of benzene rings is 7. The van der Waals surface area contributed by atoms with Gasteiger partial charge in [-0.05, 0) is 33.7 Å². The topological polar surface area (TPSA) is 51.8 Å². The van der Waals surface area contributed by atoms with E-state index in [2.05, 4.69) is 78.9 Å². The average molecular weight is 550 g/mol. The van der Waals surface area contributed by atoms with Gasteiger partial charge in [-0.1, -0.05) is 127 Å².